The fourth-order valence-electron chi connectivity index (χ4n) is 3.24. The fraction of sp³-hybridized carbons (Fsp3) is 0.115. The van der Waals surface area contributed by atoms with E-state index in [0.717, 1.165) is 23.3 Å². The highest BCUT2D eigenvalue weighted by Crippen LogP contribution is 2.33. The lowest BCUT2D eigenvalue weighted by Gasteiger charge is -2.14. The zero-order valence-corrected chi connectivity index (χ0v) is 18.3. The molecule has 0 unspecified atom stereocenters. The molecule has 8 heteroatoms. The number of rotatable bonds is 3. The minimum absolute atomic E-state index is 0.0183. The molecule has 0 saturated heterocycles. The van der Waals surface area contributed by atoms with Crippen molar-refractivity contribution in [3.63, 3.8) is 0 Å². The third-order valence-corrected chi connectivity index (χ3v) is 5.02. The van der Waals surface area contributed by atoms with Gasteiger partial charge in [0.2, 0.25) is 0 Å². The second-order valence-corrected chi connectivity index (χ2v) is 7.66. The molecule has 5 nitrogen and oxygen atoms in total. The summed E-state index contributed by atoms with van der Waals surface area (Å²) in [7, 11) is 0. The minimum atomic E-state index is -4.58. The molecule has 0 saturated carbocycles. The topological polar surface area (TPSA) is 59.8 Å². The van der Waals surface area contributed by atoms with E-state index in [1.54, 1.807) is 49.8 Å². The third kappa shape index (κ3) is 5.33. The van der Waals surface area contributed by atoms with Crippen LogP contribution in [0.15, 0.2) is 73.4 Å². The zero-order chi connectivity index (χ0) is 24.3. The predicted octanol–water partition coefficient (Wildman–Crippen LogP) is 5.56. The Hall–Kier alpha value is -4.38. The van der Waals surface area contributed by atoms with Crippen LogP contribution in [-0.4, -0.2) is 20.4 Å². The lowest BCUT2D eigenvalue weighted by molar-refractivity contribution is -0.137. The van der Waals surface area contributed by atoms with E-state index in [9.17, 15) is 18.0 Å². The third-order valence-electron chi connectivity index (χ3n) is 5.02. The number of aromatic nitrogens is 3. The second-order valence-electron chi connectivity index (χ2n) is 7.66. The normalized spacial score (nSPS) is 11.0. The molecule has 2 aromatic carbocycles. The van der Waals surface area contributed by atoms with Crippen molar-refractivity contribution in [2.24, 2.45) is 0 Å². The number of nitrogens with zero attached hydrogens (tertiary/aromatic N) is 3. The maximum atomic E-state index is 13.5. The Balaban J connectivity index is 1.64. The van der Waals surface area contributed by atoms with Gasteiger partial charge in [0, 0.05) is 46.7 Å². The predicted molar refractivity (Wildman–Crippen MR) is 123 cm³/mol. The van der Waals surface area contributed by atoms with E-state index in [2.05, 4.69) is 27.1 Å². The average molecular weight is 460 g/mol. The van der Waals surface area contributed by atoms with E-state index in [-0.39, 0.29) is 16.9 Å². The molecule has 1 N–H and O–H groups in total. The molecule has 0 bridgehead atoms. The number of pyridine rings is 1. The van der Waals surface area contributed by atoms with E-state index in [4.69, 9.17) is 0 Å². The average Bonchev–Trinajstić information content (AvgIpc) is 3.25. The van der Waals surface area contributed by atoms with Crippen molar-refractivity contribution in [1.82, 2.24) is 14.5 Å². The Morgan fingerprint density at radius 3 is 2.56 bits per heavy atom. The molecular weight excluding hydrogens is 441 g/mol. The molecule has 0 fully saturated rings. The summed E-state index contributed by atoms with van der Waals surface area (Å²) in [5.74, 6) is 5.47. The van der Waals surface area contributed by atoms with Crippen LogP contribution in [0.3, 0.4) is 0 Å². The van der Waals surface area contributed by atoms with Crippen LogP contribution in [0, 0.1) is 25.7 Å². The number of halogens is 3. The lowest BCUT2D eigenvalue weighted by atomic mass is 10.0. The monoisotopic (exact) mass is 460 g/mol. The van der Waals surface area contributed by atoms with Crippen molar-refractivity contribution < 1.29 is 18.0 Å². The summed E-state index contributed by atoms with van der Waals surface area (Å²) in [5.41, 5.74) is 2.53. The molecular formula is C26H19F3N4O. The van der Waals surface area contributed by atoms with Crippen molar-refractivity contribution in [3.8, 4) is 17.5 Å². The molecule has 170 valence electrons. The van der Waals surface area contributed by atoms with Crippen LogP contribution in [-0.2, 0) is 6.18 Å². The van der Waals surface area contributed by atoms with Crippen molar-refractivity contribution in [2.45, 2.75) is 20.0 Å². The molecule has 0 spiro atoms. The van der Waals surface area contributed by atoms with E-state index >= 15 is 0 Å². The summed E-state index contributed by atoms with van der Waals surface area (Å²) < 4.78 is 42.0. The van der Waals surface area contributed by atoms with E-state index < -0.39 is 17.6 Å². The second kappa shape index (κ2) is 9.24. The number of carbonyl (C=O) groups is 1. The molecule has 34 heavy (non-hydrogen) atoms. The van der Waals surface area contributed by atoms with Gasteiger partial charge in [0.15, 0.2) is 0 Å². The molecule has 0 atom stereocenters. The van der Waals surface area contributed by atoms with Gasteiger partial charge in [-0.05, 0) is 61.9 Å². The van der Waals surface area contributed by atoms with Gasteiger partial charge in [-0.3, -0.25) is 9.78 Å². The molecule has 4 aromatic rings. The van der Waals surface area contributed by atoms with Gasteiger partial charge < -0.3 is 9.88 Å². The van der Waals surface area contributed by atoms with Crippen LogP contribution in [0.25, 0.3) is 5.69 Å². The molecule has 0 aliphatic carbocycles. The number of benzene rings is 2. The van der Waals surface area contributed by atoms with E-state index in [1.807, 2.05) is 13.0 Å². The van der Waals surface area contributed by atoms with Gasteiger partial charge in [0.1, 0.15) is 0 Å². The number of amides is 1. The number of nitrogens with one attached hydrogen (secondary N) is 1. The summed E-state index contributed by atoms with van der Waals surface area (Å²) >= 11 is 0. The molecule has 1 amide bonds. The fourth-order valence-corrected chi connectivity index (χ4v) is 3.24. The number of carbonyl (C=O) groups excluding carboxylic acids is 1. The quantitative estimate of drug-likeness (QED) is 0.408. The van der Waals surface area contributed by atoms with Gasteiger partial charge in [-0.25, -0.2) is 4.98 Å². The number of alkyl halides is 3. The maximum absolute atomic E-state index is 13.5. The van der Waals surface area contributed by atoms with E-state index in [0.29, 0.717) is 11.3 Å². The van der Waals surface area contributed by atoms with Gasteiger partial charge in [-0.15, -0.1) is 0 Å². The van der Waals surface area contributed by atoms with Gasteiger partial charge >= 0.3 is 6.18 Å². The Morgan fingerprint density at radius 2 is 1.88 bits per heavy atom. The molecule has 2 heterocycles. The van der Waals surface area contributed by atoms with Gasteiger partial charge in [-0.1, -0.05) is 17.9 Å². The van der Waals surface area contributed by atoms with Gasteiger partial charge in [0.05, 0.1) is 17.6 Å². The van der Waals surface area contributed by atoms with Crippen molar-refractivity contribution in [1.29, 1.82) is 0 Å². The van der Waals surface area contributed by atoms with Gasteiger partial charge in [-0.2, -0.15) is 13.2 Å². The van der Waals surface area contributed by atoms with Crippen LogP contribution in [0.5, 0.6) is 0 Å². The minimum Gasteiger partial charge on any atom is -0.322 e. The molecule has 0 aliphatic heterocycles. The lowest BCUT2D eigenvalue weighted by Crippen LogP contribution is -2.14. The Kier molecular flexibility index (Phi) is 6.19. The van der Waals surface area contributed by atoms with E-state index in [1.165, 1.54) is 17.0 Å². The van der Waals surface area contributed by atoms with Gasteiger partial charge in [0.25, 0.3) is 5.91 Å². The molecule has 0 aliphatic rings. The summed E-state index contributed by atoms with van der Waals surface area (Å²) in [4.78, 5) is 21.0. The van der Waals surface area contributed by atoms with Crippen LogP contribution in [0.4, 0.5) is 18.9 Å². The Labute approximate surface area is 194 Å². The first-order valence-corrected chi connectivity index (χ1v) is 10.3. The first-order chi connectivity index (χ1) is 16.2. The first-order valence-electron chi connectivity index (χ1n) is 10.3. The highest BCUT2D eigenvalue weighted by atomic mass is 19.4. The number of aryl methyl sites for hydroxylation is 2. The van der Waals surface area contributed by atoms with Crippen molar-refractivity contribution in [2.75, 3.05) is 5.32 Å². The number of imidazole rings is 1. The summed E-state index contributed by atoms with van der Waals surface area (Å²) in [6, 6.07) is 11.9. The Morgan fingerprint density at radius 1 is 1.06 bits per heavy atom. The standard InChI is InChI=1S/C26H19F3N4O/c1-17-5-7-21(10-20(17)8-6-19-4-3-9-30-14-19)25(34)32-23-11-22(26(27,28)29)12-24(13-23)33-15-18(2)31-16-33/h3-5,7,9-16H,1-2H3,(H,32,34). The SMILES string of the molecule is Cc1cn(-c2cc(NC(=O)c3ccc(C)c(C#Cc4cccnc4)c3)cc(C(F)(F)F)c2)cn1. The summed E-state index contributed by atoms with van der Waals surface area (Å²) in [6.07, 6.45) is 1.72. The van der Waals surface area contributed by atoms with Crippen molar-refractivity contribution >= 4 is 11.6 Å². The van der Waals surface area contributed by atoms with Crippen LogP contribution < -0.4 is 5.32 Å². The number of hydrogen-bond acceptors (Lipinski definition) is 3. The zero-order valence-electron chi connectivity index (χ0n) is 18.3. The highest BCUT2D eigenvalue weighted by molar-refractivity contribution is 6.04. The van der Waals surface area contributed by atoms with Crippen molar-refractivity contribution in [3.05, 3.63) is 107 Å². The molecule has 2 aromatic heterocycles. The van der Waals surface area contributed by atoms with Crippen LogP contribution >= 0.6 is 0 Å². The van der Waals surface area contributed by atoms with Crippen LogP contribution in [0.2, 0.25) is 0 Å². The summed E-state index contributed by atoms with van der Waals surface area (Å²) in [6.45, 7) is 3.60. The maximum Gasteiger partial charge on any atom is 0.416 e. The smallest absolute Gasteiger partial charge is 0.322 e. The number of anilines is 1. The first kappa shape index (κ1) is 22.8. The number of hydrogen-bond donors (Lipinski definition) is 1. The Bertz CT molecular complexity index is 1410. The summed E-state index contributed by atoms with van der Waals surface area (Å²) in [5, 5.41) is 2.58. The largest absolute Gasteiger partial charge is 0.416 e. The van der Waals surface area contributed by atoms with Crippen LogP contribution in [0.1, 0.15) is 38.3 Å². The highest BCUT2D eigenvalue weighted by Gasteiger charge is 2.31. The molecule has 0 radical (unpaired) electrons. The molecule has 4 rings (SSSR count).